The first-order valence-corrected chi connectivity index (χ1v) is 5.24. The predicted molar refractivity (Wildman–Crippen MR) is 64.8 cm³/mol. The number of nitrogens with zero attached hydrogens (tertiary/aromatic N) is 1. The van der Waals surface area contributed by atoms with Gasteiger partial charge in [-0.05, 0) is 6.07 Å². The third-order valence-electron chi connectivity index (χ3n) is 2.57. The van der Waals surface area contributed by atoms with Crippen molar-refractivity contribution in [3.8, 4) is 0 Å². The molecule has 2 aromatic rings. The Morgan fingerprint density at radius 1 is 1.21 bits per heavy atom. The van der Waals surface area contributed by atoms with Crippen molar-refractivity contribution >= 4 is 5.69 Å². The van der Waals surface area contributed by atoms with Crippen molar-refractivity contribution in [2.45, 2.75) is 6.10 Å². The van der Waals surface area contributed by atoms with Crippen molar-refractivity contribution in [1.82, 2.24) is 9.97 Å². The zero-order chi connectivity index (χ0) is 14.0. The minimum absolute atomic E-state index is 0.0231. The standard InChI is InChI=1S/C11H9N3O5/c15-9(7-5-12-11(17)13-10(7)16)6-3-1-2-4-8(6)14(18)19/h1-5,9,15H,(H2,12,13,16,17). The van der Waals surface area contributed by atoms with E-state index in [-0.39, 0.29) is 16.8 Å². The molecule has 0 amide bonds. The van der Waals surface area contributed by atoms with E-state index in [1.807, 2.05) is 4.98 Å². The number of aromatic nitrogens is 2. The Morgan fingerprint density at radius 3 is 2.53 bits per heavy atom. The Morgan fingerprint density at radius 2 is 1.89 bits per heavy atom. The fourth-order valence-electron chi connectivity index (χ4n) is 1.68. The third kappa shape index (κ3) is 2.43. The number of hydrogen-bond donors (Lipinski definition) is 3. The molecular weight excluding hydrogens is 254 g/mol. The highest BCUT2D eigenvalue weighted by Gasteiger charge is 2.23. The second-order valence-electron chi connectivity index (χ2n) is 3.75. The minimum Gasteiger partial charge on any atom is -0.383 e. The van der Waals surface area contributed by atoms with Crippen LogP contribution < -0.4 is 11.2 Å². The molecule has 0 aliphatic heterocycles. The third-order valence-corrected chi connectivity index (χ3v) is 2.57. The molecule has 0 radical (unpaired) electrons. The van der Waals surface area contributed by atoms with Crippen LogP contribution in [-0.4, -0.2) is 20.0 Å². The fourth-order valence-corrected chi connectivity index (χ4v) is 1.68. The Bertz CT molecular complexity index is 733. The summed E-state index contributed by atoms with van der Waals surface area (Å²) in [6, 6.07) is 5.52. The van der Waals surface area contributed by atoms with Crippen LogP contribution >= 0.6 is 0 Å². The molecule has 8 nitrogen and oxygen atoms in total. The Balaban J connectivity index is 2.56. The highest BCUT2D eigenvalue weighted by molar-refractivity contribution is 5.44. The van der Waals surface area contributed by atoms with Crippen LogP contribution in [0, 0.1) is 10.1 Å². The molecule has 2 rings (SSSR count). The Labute approximate surface area is 105 Å². The second kappa shape index (κ2) is 4.86. The predicted octanol–water partition coefficient (Wildman–Crippen LogP) is 0.0531. The van der Waals surface area contributed by atoms with Gasteiger partial charge in [0.05, 0.1) is 16.1 Å². The van der Waals surface area contributed by atoms with Gasteiger partial charge in [-0.1, -0.05) is 12.1 Å². The quantitative estimate of drug-likeness (QED) is 0.532. The van der Waals surface area contributed by atoms with E-state index < -0.39 is 22.3 Å². The lowest BCUT2D eigenvalue weighted by atomic mass is 10.0. The van der Waals surface area contributed by atoms with Gasteiger partial charge in [0.2, 0.25) is 0 Å². The van der Waals surface area contributed by atoms with Gasteiger partial charge in [-0.15, -0.1) is 0 Å². The minimum atomic E-state index is -1.50. The number of nitrogens with one attached hydrogen (secondary N) is 2. The van der Waals surface area contributed by atoms with Crippen molar-refractivity contribution < 1.29 is 10.0 Å². The summed E-state index contributed by atoms with van der Waals surface area (Å²) in [5.74, 6) is 0. The molecule has 0 saturated heterocycles. The number of para-hydroxylation sites is 1. The molecule has 0 aliphatic carbocycles. The summed E-state index contributed by atoms with van der Waals surface area (Å²) in [4.78, 5) is 36.7. The van der Waals surface area contributed by atoms with E-state index in [1.54, 1.807) is 0 Å². The summed E-state index contributed by atoms with van der Waals surface area (Å²) < 4.78 is 0. The summed E-state index contributed by atoms with van der Waals surface area (Å²) in [5, 5.41) is 20.9. The van der Waals surface area contributed by atoms with Crippen LogP contribution in [0.5, 0.6) is 0 Å². The van der Waals surface area contributed by atoms with E-state index in [0.717, 1.165) is 6.20 Å². The molecule has 3 N–H and O–H groups in total. The first kappa shape index (κ1) is 12.7. The number of benzene rings is 1. The number of rotatable bonds is 3. The molecule has 1 atom stereocenters. The largest absolute Gasteiger partial charge is 0.383 e. The van der Waals surface area contributed by atoms with Crippen LogP contribution in [0.2, 0.25) is 0 Å². The summed E-state index contributed by atoms with van der Waals surface area (Å²) >= 11 is 0. The number of hydrogen-bond acceptors (Lipinski definition) is 5. The van der Waals surface area contributed by atoms with E-state index in [1.165, 1.54) is 24.3 Å². The van der Waals surface area contributed by atoms with E-state index in [4.69, 9.17) is 0 Å². The van der Waals surface area contributed by atoms with Crippen LogP contribution in [-0.2, 0) is 0 Å². The molecule has 1 aromatic heterocycles. The highest BCUT2D eigenvalue weighted by atomic mass is 16.6. The second-order valence-corrected chi connectivity index (χ2v) is 3.75. The van der Waals surface area contributed by atoms with Crippen LogP contribution in [0.25, 0.3) is 0 Å². The fraction of sp³-hybridized carbons (Fsp3) is 0.0909. The normalized spacial score (nSPS) is 12.1. The highest BCUT2D eigenvalue weighted by Crippen LogP contribution is 2.27. The zero-order valence-electron chi connectivity index (χ0n) is 9.49. The van der Waals surface area contributed by atoms with Crippen molar-refractivity contribution in [3.05, 3.63) is 72.5 Å². The molecule has 19 heavy (non-hydrogen) atoms. The lowest BCUT2D eigenvalue weighted by Gasteiger charge is -2.10. The van der Waals surface area contributed by atoms with E-state index in [0.29, 0.717) is 0 Å². The Hall–Kier alpha value is -2.74. The van der Waals surface area contributed by atoms with Gasteiger partial charge in [0.15, 0.2) is 0 Å². The molecule has 0 bridgehead atoms. The monoisotopic (exact) mass is 263 g/mol. The van der Waals surface area contributed by atoms with Gasteiger partial charge in [-0.3, -0.25) is 19.9 Å². The van der Waals surface area contributed by atoms with Gasteiger partial charge in [0, 0.05) is 12.3 Å². The molecule has 1 aromatic carbocycles. The summed E-state index contributed by atoms with van der Waals surface area (Å²) in [6.07, 6.45) is -0.468. The molecular formula is C11H9N3O5. The van der Waals surface area contributed by atoms with Crippen molar-refractivity contribution in [1.29, 1.82) is 0 Å². The molecule has 0 fully saturated rings. The molecule has 8 heteroatoms. The van der Waals surface area contributed by atoms with Crippen LogP contribution in [0.15, 0.2) is 40.1 Å². The van der Waals surface area contributed by atoms with E-state index in [9.17, 15) is 24.8 Å². The first-order chi connectivity index (χ1) is 9.00. The van der Waals surface area contributed by atoms with Crippen molar-refractivity contribution in [2.24, 2.45) is 0 Å². The van der Waals surface area contributed by atoms with Gasteiger partial charge in [-0.2, -0.15) is 0 Å². The van der Waals surface area contributed by atoms with E-state index >= 15 is 0 Å². The molecule has 1 heterocycles. The average molecular weight is 263 g/mol. The van der Waals surface area contributed by atoms with Gasteiger partial charge in [-0.25, -0.2) is 4.79 Å². The van der Waals surface area contributed by atoms with Gasteiger partial charge < -0.3 is 10.1 Å². The van der Waals surface area contributed by atoms with E-state index in [2.05, 4.69) is 4.98 Å². The summed E-state index contributed by atoms with van der Waals surface area (Å²) in [7, 11) is 0. The lowest BCUT2D eigenvalue weighted by molar-refractivity contribution is -0.386. The van der Waals surface area contributed by atoms with Crippen LogP contribution in [0.4, 0.5) is 5.69 Å². The maximum atomic E-state index is 11.5. The van der Waals surface area contributed by atoms with Gasteiger partial charge >= 0.3 is 5.69 Å². The zero-order valence-corrected chi connectivity index (χ0v) is 9.49. The van der Waals surface area contributed by atoms with Crippen molar-refractivity contribution in [2.75, 3.05) is 0 Å². The maximum absolute atomic E-state index is 11.5. The number of aromatic amines is 2. The number of aliphatic hydroxyl groups is 1. The molecule has 0 aliphatic rings. The number of nitro groups is 1. The summed E-state index contributed by atoms with van der Waals surface area (Å²) in [5.41, 5.74) is -2.02. The van der Waals surface area contributed by atoms with Crippen molar-refractivity contribution in [3.63, 3.8) is 0 Å². The number of aliphatic hydroxyl groups excluding tert-OH is 1. The molecule has 98 valence electrons. The summed E-state index contributed by atoms with van der Waals surface area (Å²) in [6.45, 7) is 0. The SMILES string of the molecule is O=c1[nH]cc(C(O)c2ccccc2[N+](=O)[O-])c(=O)[nH]1. The molecule has 0 saturated carbocycles. The van der Waals surface area contributed by atoms with Crippen LogP contribution in [0.3, 0.4) is 0 Å². The maximum Gasteiger partial charge on any atom is 0.325 e. The Kier molecular flexibility index (Phi) is 3.25. The smallest absolute Gasteiger partial charge is 0.325 e. The van der Waals surface area contributed by atoms with Gasteiger partial charge in [0.25, 0.3) is 11.2 Å². The first-order valence-electron chi connectivity index (χ1n) is 5.24. The molecule has 1 unspecified atom stereocenters. The van der Waals surface area contributed by atoms with Crippen LogP contribution in [0.1, 0.15) is 17.2 Å². The topological polar surface area (TPSA) is 129 Å². The van der Waals surface area contributed by atoms with Gasteiger partial charge in [0.1, 0.15) is 6.10 Å². The average Bonchev–Trinajstić information content (AvgIpc) is 2.38. The number of nitro benzene ring substituents is 1. The number of H-pyrrole nitrogens is 2. The lowest BCUT2D eigenvalue weighted by Crippen LogP contribution is -2.26. The molecule has 0 spiro atoms.